The number of sulfonamides is 1. The lowest BCUT2D eigenvalue weighted by atomic mass is 10.2. The highest BCUT2D eigenvalue weighted by Gasteiger charge is 2.28. The minimum Gasteiger partial charge on any atom is -0.495 e. The zero-order valence-corrected chi connectivity index (χ0v) is 13.7. The Balaban J connectivity index is 3.28. The van der Waals surface area contributed by atoms with Crippen molar-refractivity contribution in [1.29, 1.82) is 0 Å². The summed E-state index contributed by atoms with van der Waals surface area (Å²) >= 11 is 0. The molecule has 1 N–H and O–H groups in total. The minimum absolute atomic E-state index is 0.0855. The molecular formula is C14H22N2O4S. The number of rotatable bonds is 7. The third-order valence-corrected chi connectivity index (χ3v) is 4.88. The van der Waals surface area contributed by atoms with E-state index >= 15 is 0 Å². The van der Waals surface area contributed by atoms with Crippen molar-refractivity contribution < 1.29 is 17.9 Å². The van der Waals surface area contributed by atoms with Crippen LogP contribution in [0.3, 0.4) is 0 Å². The lowest BCUT2D eigenvalue weighted by molar-refractivity contribution is -0.120. The second-order valence-electron chi connectivity index (χ2n) is 4.67. The van der Waals surface area contributed by atoms with Gasteiger partial charge >= 0.3 is 0 Å². The van der Waals surface area contributed by atoms with Crippen molar-refractivity contribution in [3.63, 3.8) is 0 Å². The van der Waals surface area contributed by atoms with Crippen LogP contribution in [-0.4, -0.2) is 45.9 Å². The van der Waals surface area contributed by atoms with Crippen LogP contribution in [0, 0.1) is 6.92 Å². The Hall–Kier alpha value is -1.60. The van der Waals surface area contributed by atoms with Gasteiger partial charge in [0.25, 0.3) is 0 Å². The molecule has 0 bridgehead atoms. The third kappa shape index (κ3) is 4.18. The molecule has 1 aromatic rings. The summed E-state index contributed by atoms with van der Waals surface area (Å²) < 4.78 is 31.9. The van der Waals surface area contributed by atoms with Crippen molar-refractivity contribution >= 4 is 15.9 Å². The van der Waals surface area contributed by atoms with E-state index in [0.29, 0.717) is 6.42 Å². The van der Waals surface area contributed by atoms with Gasteiger partial charge in [0.15, 0.2) is 0 Å². The summed E-state index contributed by atoms with van der Waals surface area (Å²) in [5.41, 5.74) is 0.811. The smallest absolute Gasteiger partial charge is 0.247 e. The maximum atomic E-state index is 12.8. The van der Waals surface area contributed by atoms with Gasteiger partial charge < -0.3 is 10.1 Å². The average molecular weight is 314 g/mol. The van der Waals surface area contributed by atoms with E-state index in [9.17, 15) is 13.2 Å². The fraction of sp³-hybridized carbons (Fsp3) is 0.500. The minimum atomic E-state index is -3.79. The van der Waals surface area contributed by atoms with Gasteiger partial charge in [0.05, 0.1) is 13.7 Å². The van der Waals surface area contributed by atoms with Crippen molar-refractivity contribution in [2.45, 2.75) is 25.2 Å². The van der Waals surface area contributed by atoms with Crippen molar-refractivity contribution in [2.24, 2.45) is 0 Å². The molecule has 21 heavy (non-hydrogen) atoms. The molecule has 1 amide bonds. The normalized spacial score (nSPS) is 11.5. The molecule has 0 unspecified atom stereocenters. The SMILES string of the molecule is CCCN(CC(=O)NC)S(=O)(=O)c1cc(C)ccc1OC. The molecule has 0 radical (unpaired) electrons. The highest BCUT2D eigenvalue weighted by atomic mass is 32.2. The predicted octanol–water partition coefficient (Wildman–Crippen LogP) is 1.15. The van der Waals surface area contributed by atoms with Crippen molar-refractivity contribution in [1.82, 2.24) is 9.62 Å². The average Bonchev–Trinajstić information content (AvgIpc) is 2.46. The fourth-order valence-corrected chi connectivity index (χ4v) is 3.63. The molecule has 7 heteroatoms. The number of ether oxygens (including phenoxy) is 1. The summed E-state index contributed by atoms with van der Waals surface area (Å²) in [6.45, 7) is 3.73. The van der Waals surface area contributed by atoms with Crippen LogP contribution >= 0.6 is 0 Å². The molecule has 0 fully saturated rings. The van der Waals surface area contributed by atoms with Gasteiger partial charge in [-0.3, -0.25) is 4.79 Å². The number of likely N-dealkylation sites (N-methyl/N-ethyl adjacent to an activating group) is 1. The second kappa shape index (κ2) is 7.42. The van der Waals surface area contributed by atoms with Crippen LogP contribution in [-0.2, 0) is 14.8 Å². The number of hydrogen-bond acceptors (Lipinski definition) is 4. The summed E-state index contributed by atoms with van der Waals surface area (Å²) in [4.78, 5) is 11.6. The number of amides is 1. The van der Waals surface area contributed by atoms with Crippen molar-refractivity contribution in [3.8, 4) is 5.75 Å². The summed E-state index contributed by atoms with van der Waals surface area (Å²) in [7, 11) is -0.884. The quantitative estimate of drug-likeness (QED) is 0.819. The number of nitrogens with one attached hydrogen (secondary N) is 1. The molecule has 0 atom stereocenters. The number of nitrogens with zero attached hydrogens (tertiary/aromatic N) is 1. The van der Waals surface area contributed by atoms with E-state index in [1.54, 1.807) is 25.1 Å². The lowest BCUT2D eigenvalue weighted by Gasteiger charge is -2.22. The Kier molecular flexibility index (Phi) is 6.17. The Morgan fingerprint density at radius 1 is 1.38 bits per heavy atom. The third-order valence-electron chi connectivity index (χ3n) is 3.01. The molecule has 0 aliphatic carbocycles. The first-order valence-electron chi connectivity index (χ1n) is 6.72. The molecule has 0 saturated heterocycles. The molecule has 0 aliphatic heterocycles. The summed E-state index contributed by atoms with van der Waals surface area (Å²) in [6.07, 6.45) is 0.615. The van der Waals surface area contributed by atoms with Crippen LogP contribution in [0.5, 0.6) is 5.75 Å². The van der Waals surface area contributed by atoms with Crippen LogP contribution in [0.15, 0.2) is 23.1 Å². The zero-order valence-electron chi connectivity index (χ0n) is 12.8. The molecule has 1 rings (SSSR count). The molecule has 0 spiro atoms. The summed E-state index contributed by atoms with van der Waals surface area (Å²) in [5.74, 6) is -0.0720. The summed E-state index contributed by atoms with van der Waals surface area (Å²) in [5, 5.41) is 2.44. The van der Waals surface area contributed by atoms with Crippen molar-refractivity contribution in [2.75, 3.05) is 27.2 Å². The Labute approximate surface area is 126 Å². The number of hydrogen-bond donors (Lipinski definition) is 1. The van der Waals surface area contributed by atoms with Gasteiger partial charge in [-0.25, -0.2) is 8.42 Å². The predicted molar refractivity (Wildman–Crippen MR) is 80.8 cm³/mol. The van der Waals surface area contributed by atoms with E-state index in [1.165, 1.54) is 18.5 Å². The van der Waals surface area contributed by atoms with Crippen LogP contribution in [0.25, 0.3) is 0 Å². The molecule has 0 aromatic heterocycles. The Morgan fingerprint density at radius 3 is 2.57 bits per heavy atom. The number of benzene rings is 1. The first-order chi connectivity index (χ1) is 9.86. The van der Waals surface area contributed by atoms with Crippen LogP contribution in [0.2, 0.25) is 0 Å². The molecule has 0 heterocycles. The monoisotopic (exact) mass is 314 g/mol. The molecule has 0 aliphatic rings. The number of aryl methyl sites for hydroxylation is 1. The van der Waals surface area contributed by atoms with Gasteiger partial charge in [-0.1, -0.05) is 13.0 Å². The lowest BCUT2D eigenvalue weighted by Crippen LogP contribution is -2.40. The fourth-order valence-electron chi connectivity index (χ4n) is 1.90. The maximum Gasteiger partial charge on any atom is 0.247 e. The van der Waals surface area contributed by atoms with E-state index in [4.69, 9.17) is 4.74 Å². The largest absolute Gasteiger partial charge is 0.495 e. The highest BCUT2D eigenvalue weighted by molar-refractivity contribution is 7.89. The van der Waals surface area contributed by atoms with Crippen LogP contribution in [0.4, 0.5) is 0 Å². The maximum absolute atomic E-state index is 12.8. The van der Waals surface area contributed by atoms with Gasteiger partial charge in [-0.05, 0) is 31.0 Å². The molecule has 118 valence electrons. The van der Waals surface area contributed by atoms with Gasteiger partial charge in [0.1, 0.15) is 10.6 Å². The molecular weight excluding hydrogens is 292 g/mol. The van der Waals surface area contributed by atoms with Crippen molar-refractivity contribution in [3.05, 3.63) is 23.8 Å². The first kappa shape index (κ1) is 17.5. The molecule has 1 aromatic carbocycles. The van der Waals surface area contributed by atoms with E-state index < -0.39 is 10.0 Å². The summed E-state index contributed by atoms with van der Waals surface area (Å²) in [6, 6.07) is 4.95. The number of carbonyl (C=O) groups excluding carboxylic acids is 1. The van der Waals surface area contributed by atoms with Gasteiger partial charge in [-0.15, -0.1) is 0 Å². The standard InChI is InChI=1S/C14H22N2O4S/c1-5-8-16(10-14(17)15-3)21(18,19)13-9-11(2)6-7-12(13)20-4/h6-7,9H,5,8,10H2,1-4H3,(H,15,17). The van der Waals surface area contributed by atoms with E-state index in [0.717, 1.165) is 5.56 Å². The number of methoxy groups -OCH3 is 1. The van der Waals surface area contributed by atoms with Gasteiger partial charge in [0.2, 0.25) is 15.9 Å². The topological polar surface area (TPSA) is 75.7 Å². The highest BCUT2D eigenvalue weighted by Crippen LogP contribution is 2.27. The van der Waals surface area contributed by atoms with Crippen LogP contribution < -0.4 is 10.1 Å². The Morgan fingerprint density at radius 2 is 2.05 bits per heavy atom. The van der Waals surface area contributed by atoms with E-state index in [1.807, 2.05) is 6.92 Å². The number of carbonyl (C=O) groups is 1. The van der Waals surface area contributed by atoms with Gasteiger partial charge in [-0.2, -0.15) is 4.31 Å². The van der Waals surface area contributed by atoms with E-state index in [-0.39, 0.29) is 29.6 Å². The van der Waals surface area contributed by atoms with E-state index in [2.05, 4.69) is 5.32 Å². The second-order valence-corrected chi connectivity index (χ2v) is 6.57. The van der Waals surface area contributed by atoms with Crippen LogP contribution in [0.1, 0.15) is 18.9 Å². The first-order valence-corrected chi connectivity index (χ1v) is 8.16. The van der Waals surface area contributed by atoms with Gasteiger partial charge in [0, 0.05) is 13.6 Å². The Bertz CT molecular complexity index is 599. The molecule has 6 nitrogen and oxygen atoms in total. The molecule has 0 saturated carbocycles. The zero-order chi connectivity index (χ0) is 16.0.